The Morgan fingerprint density at radius 3 is 2.86 bits per heavy atom. The second-order valence-corrected chi connectivity index (χ2v) is 7.63. The number of aryl methyl sites for hydroxylation is 1. The van der Waals surface area contributed by atoms with Crippen LogP contribution in [-0.2, 0) is 6.42 Å². The van der Waals surface area contributed by atoms with Gasteiger partial charge in [-0.3, -0.25) is 0 Å². The molecule has 3 heteroatoms. The lowest BCUT2D eigenvalue weighted by molar-refractivity contribution is -0.00332. The molecule has 4 rings (SSSR count). The number of hydrogen-bond donors (Lipinski definition) is 2. The number of phenols is 1. The highest BCUT2D eigenvalue weighted by atomic mass is 19.1. The number of aromatic hydroxyl groups is 1. The normalized spacial score (nSPS) is 41.9. The molecule has 3 aliphatic carbocycles. The first-order valence-electron chi connectivity index (χ1n) is 8.33. The molecule has 1 unspecified atom stereocenters. The minimum absolute atomic E-state index is 0.123. The van der Waals surface area contributed by atoms with Crippen molar-refractivity contribution in [2.75, 3.05) is 0 Å². The Labute approximate surface area is 130 Å². The predicted octanol–water partition coefficient (Wildman–Crippen LogP) is 4.07. The van der Waals surface area contributed by atoms with Gasteiger partial charge in [-0.2, -0.15) is 0 Å². The van der Waals surface area contributed by atoms with Crippen LogP contribution in [0.15, 0.2) is 30.1 Å². The fraction of sp³-hybridized carbons (Fsp3) is 0.579. The number of benzene rings is 1. The van der Waals surface area contributed by atoms with Crippen molar-refractivity contribution in [2.24, 2.45) is 17.3 Å². The minimum atomic E-state index is -0.311. The molecule has 0 bridgehead atoms. The monoisotopic (exact) mass is 302 g/mol. The summed E-state index contributed by atoms with van der Waals surface area (Å²) in [5, 5.41) is 20.1. The summed E-state index contributed by atoms with van der Waals surface area (Å²) in [5.74, 6) is 1.30. The average Bonchev–Trinajstić information content (AvgIpc) is 2.81. The molecule has 118 valence electrons. The molecule has 0 spiro atoms. The molecule has 22 heavy (non-hydrogen) atoms. The molecule has 1 aromatic rings. The van der Waals surface area contributed by atoms with Crippen LogP contribution in [0.4, 0.5) is 4.39 Å². The van der Waals surface area contributed by atoms with Crippen molar-refractivity contribution in [3.8, 4) is 5.75 Å². The van der Waals surface area contributed by atoms with Crippen molar-refractivity contribution < 1.29 is 14.6 Å². The molecular formula is C19H23FO2. The average molecular weight is 302 g/mol. The number of hydrogen-bond acceptors (Lipinski definition) is 2. The van der Waals surface area contributed by atoms with Crippen LogP contribution in [0.25, 0.3) is 0 Å². The van der Waals surface area contributed by atoms with Crippen LogP contribution in [0.3, 0.4) is 0 Å². The van der Waals surface area contributed by atoms with Gasteiger partial charge in [0.2, 0.25) is 0 Å². The predicted molar refractivity (Wildman–Crippen MR) is 83.3 cm³/mol. The van der Waals surface area contributed by atoms with Gasteiger partial charge in [0.1, 0.15) is 5.75 Å². The van der Waals surface area contributed by atoms with Gasteiger partial charge in [0.05, 0.1) is 12.4 Å². The summed E-state index contributed by atoms with van der Waals surface area (Å²) >= 11 is 0. The maximum Gasteiger partial charge on any atom is 0.115 e. The van der Waals surface area contributed by atoms with Crippen LogP contribution < -0.4 is 0 Å². The molecule has 2 saturated carbocycles. The van der Waals surface area contributed by atoms with E-state index in [0.29, 0.717) is 24.0 Å². The van der Waals surface area contributed by atoms with Crippen LogP contribution in [-0.4, -0.2) is 16.3 Å². The molecule has 2 fully saturated rings. The van der Waals surface area contributed by atoms with Crippen LogP contribution in [0.5, 0.6) is 5.75 Å². The van der Waals surface area contributed by atoms with E-state index in [9.17, 15) is 14.6 Å². The van der Waals surface area contributed by atoms with E-state index in [1.807, 2.05) is 12.1 Å². The van der Waals surface area contributed by atoms with E-state index in [4.69, 9.17) is 0 Å². The zero-order valence-corrected chi connectivity index (χ0v) is 12.9. The van der Waals surface area contributed by atoms with Gasteiger partial charge in [-0.15, -0.1) is 0 Å². The van der Waals surface area contributed by atoms with Gasteiger partial charge in [-0.05, 0) is 72.8 Å². The summed E-state index contributed by atoms with van der Waals surface area (Å²) in [7, 11) is 0. The summed E-state index contributed by atoms with van der Waals surface area (Å²) in [4.78, 5) is 0. The van der Waals surface area contributed by atoms with Crippen molar-refractivity contribution >= 4 is 0 Å². The van der Waals surface area contributed by atoms with Gasteiger partial charge in [0.15, 0.2) is 0 Å². The van der Waals surface area contributed by atoms with E-state index in [0.717, 1.165) is 43.1 Å². The van der Waals surface area contributed by atoms with Crippen molar-refractivity contribution in [2.45, 2.75) is 51.0 Å². The van der Waals surface area contributed by atoms with Crippen molar-refractivity contribution in [3.05, 3.63) is 41.2 Å². The quantitative estimate of drug-likeness (QED) is 0.758. The van der Waals surface area contributed by atoms with Gasteiger partial charge in [0.25, 0.3) is 0 Å². The molecule has 1 aromatic carbocycles. The van der Waals surface area contributed by atoms with Crippen LogP contribution >= 0.6 is 0 Å². The molecule has 0 amide bonds. The molecule has 5 atom stereocenters. The highest BCUT2D eigenvalue weighted by Gasteiger charge is 2.56. The molecule has 0 radical (unpaired) electrons. The highest BCUT2D eigenvalue weighted by Crippen LogP contribution is 2.62. The topological polar surface area (TPSA) is 40.5 Å². The van der Waals surface area contributed by atoms with Crippen molar-refractivity contribution in [1.29, 1.82) is 0 Å². The second kappa shape index (κ2) is 4.82. The molecule has 0 saturated heterocycles. The Hall–Kier alpha value is -1.35. The molecule has 0 aliphatic heterocycles. The Kier molecular flexibility index (Phi) is 3.12. The fourth-order valence-electron chi connectivity index (χ4n) is 5.59. The lowest BCUT2D eigenvalue weighted by Crippen LogP contribution is -2.45. The lowest BCUT2D eigenvalue weighted by Gasteiger charge is -2.51. The Morgan fingerprint density at radius 2 is 2.09 bits per heavy atom. The van der Waals surface area contributed by atoms with E-state index in [1.165, 1.54) is 5.56 Å². The maximum atomic E-state index is 13.7. The van der Waals surface area contributed by atoms with Crippen LogP contribution in [0.2, 0.25) is 0 Å². The van der Waals surface area contributed by atoms with Gasteiger partial charge in [0, 0.05) is 11.3 Å². The Balaban J connectivity index is 1.81. The molecule has 0 aromatic heterocycles. The second-order valence-electron chi connectivity index (χ2n) is 7.63. The smallest absolute Gasteiger partial charge is 0.115 e. The first kappa shape index (κ1) is 14.3. The number of aliphatic hydroxyl groups is 1. The third-order valence-electron chi connectivity index (χ3n) is 6.64. The fourth-order valence-corrected chi connectivity index (χ4v) is 5.59. The number of aliphatic hydroxyl groups excluding tert-OH is 1. The third kappa shape index (κ3) is 1.81. The molecular weight excluding hydrogens is 279 g/mol. The number of halogens is 1. The van der Waals surface area contributed by atoms with Gasteiger partial charge < -0.3 is 10.2 Å². The lowest BCUT2D eigenvalue weighted by atomic mass is 9.54. The largest absolute Gasteiger partial charge is 0.508 e. The van der Waals surface area contributed by atoms with E-state index >= 15 is 0 Å². The number of rotatable bonds is 0. The zero-order valence-electron chi connectivity index (χ0n) is 12.9. The number of phenolic OH excluding ortho intramolecular Hbond substituents is 1. The number of fused-ring (bicyclic) bond motifs is 5. The zero-order chi connectivity index (χ0) is 15.5. The van der Waals surface area contributed by atoms with Crippen LogP contribution in [0.1, 0.15) is 49.7 Å². The Morgan fingerprint density at radius 1 is 1.27 bits per heavy atom. The van der Waals surface area contributed by atoms with Gasteiger partial charge in [-0.1, -0.05) is 13.0 Å². The molecule has 2 nitrogen and oxygen atoms in total. The SMILES string of the molecule is C[C@]12CC(=CF)[C@@H]3c4ccc(O)cc4CC[C@H]3[C@@H]1CCC2O. The maximum absolute atomic E-state index is 13.7. The van der Waals surface area contributed by atoms with Crippen LogP contribution in [0, 0.1) is 17.3 Å². The van der Waals surface area contributed by atoms with Crippen molar-refractivity contribution in [1.82, 2.24) is 0 Å². The summed E-state index contributed by atoms with van der Waals surface area (Å²) in [5.41, 5.74) is 2.99. The summed E-state index contributed by atoms with van der Waals surface area (Å²) in [6.45, 7) is 2.14. The van der Waals surface area contributed by atoms with E-state index in [2.05, 4.69) is 6.92 Å². The highest BCUT2D eigenvalue weighted by molar-refractivity contribution is 5.44. The summed E-state index contributed by atoms with van der Waals surface area (Å²) in [6.07, 6.45) is 4.97. The van der Waals surface area contributed by atoms with Gasteiger partial charge >= 0.3 is 0 Å². The number of allylic oxidation sites excluding steroid dienone is 1. The van der Waals surface area contributed by atoms with E-state index in [1.54, 1.807) is 6.07 Å². The summed E-state index contributed by atoms with van der Waals surface area (Å²) in [6, 6.07) is 5.52. The first-order valence-corrected chi connectivity index (χ1v) is 8.33. The molecule has 0 heterocycles. The minimum Gasteiger partial charge on any atom is -0.508 e. The van der Waals surface area contributed by atoms with Gasteiger partial charge in [-0.25, -0.2) is 4.39 Å². The van der Waals surface area contributed by atoms with E-state index in [-0.39, 0.29) is 17.4 Å². The van der Waals surface area contributed by atoms with E-state index < -0.39 is 0 Å². The first-order chi connectivity index (χ1) is 10.5. The summed E-state index contributed by atoms with van der Waals surface area (Å²) < 4.78 is 13.7. The molecule has 3 aliphatic rings. The standard InChI is InChI=1S/C19H23FO2/c1-19-9-12(10-20)18-14-5-3-13(21)8-11(14)2-4-15(18)16(19)6-7-17(19)22/h3,5,8,10,15-18,21-22H,2,4,6-7,9H2,1H3/t15-,16-,17?,18+,19-/m0/s1. The van der Waals surface area contributed by atoms with Crippen molar-refractivity contribution in [3.63, 3.8) is 0 Å². The molecule has 2 N–H and O–H groups in total. The third-order valence-corrected chi connectivity index (χ3v) is 6.64. The Bertz CT molecular complexity index is 638.